The number of hydrogen-bond donors (Lipinski definition) is 2. The van der Waals surface area contributed by atoms with Gasteiger partial charge in [-0.2, -0.15) is 0 Å². The van der Waals surface area contributed by atoms with Crippen LogP contribution >= 0.6 is 27.5 Å². The molecule has 0 saturated carbocycles. The summed E-state index contributed by atoms with van der Waals surface area (Å²) < 4.78 is 6.43. The van der Waals surface area contributed by atoms with E-state index in [1.807, 2.05) is 43.3 Å². The minimum absolute atomic E-state index is 0.0353. The van der Waals surface area contributed by atoms with Crippen molar-refractivity contribution in [3.63, 3.8) is 0 Å². The fraction of sp³-hybridized carbons (Fsp3) is 0.250. The van der Waals surface area contributed by atoms with Gasteiger partial charge in [0, 0.05) is 9.50 Å². The van der Waals surface area contributed by atoms with Crippen molar-refractivity contribution < 1.29 is 4.74 Å². The van der Waals surface area contributed by atoms with Gasteiger partial charge in [0.1, 0.15) is 5.75 Å². The van der Waals surface area contributed by atoms with Gasteiger partial charge in [0.15, 0.2) is 0 Å². The summed E-state index contributed by atoms with van der Waals surface area (Å²) in [6.07, 6.45) is 0.709. The molecule has 1 unspecified atom stereocenters. The zero-order chi connectivity index (χ0) is 15.4. The Labute approximate surface area is 138 Å². The standard InChI is InChI=1S/C16H18BrClN2O/c1-10-13(4-3-5-14(10)18)15(20-19)9-11-8-12(17)6-7-16(11)21-2/h3-8,15,20H,9,19H2,1-2H3. The smallest absolute Gasteiger partial charge is 0.122 e. The van der Waals surface area contributed by atoms with Gasteiger partial charge in [-0.3, -0.25) is 11.3 Å². The van der Waals surface area contributed by atoms with Crippen LogP contribution in [-0.4, -0.2) is 7.11 Å². The lowest BCUT2D eigenvalue weighted by molar-refractivity contribution is 0.405. The van der Waals surface area contributed by atoms with Crippen LogP contribution in [0, 0.1) is 6.92 Å². The molecule has 3 nitrogen and oxygen atoms in total. The first-order valence-corrected chi connectivity index (χ1v) is 7.77. The molecule has 0 radical (unpaired) electrons. The van der Waals surface area contributed by atoms with Crippen LogP contribution in [-0.2, 0) is 6.42 Å². The fourth-order valence-corrected chi connectivity index (χ4v) is 2.98. The lowest BCUT2D eigenvalue weighted by Gasteiger charge is -2.20. The van der Waals surface area contributed by atoms with Crippen LogP contribution in [0.3, 0.4) is 0 Å². The number of halogens is 2. The first kappa shape index (κ1) is 16.3. The van der Waals surface area contributed by atoms with Crippen LogP contribution in [0.2, 0.25) is 5.02 Å². The second-order valence-corrected chi connectivity index (χ2v) is 6.16. The van der Waals surface area contributed by atoms with E-state index in [2.05, 4.69) is 21.4 Å². The third kappa shape index (κ3) is 3.77. The van der Waals surface area contributed by atoms with E-state index < -0.39 is 0 Å². The fourth-order valence-electron chi connectivity index (χ4n) is 2.39. The second-order valence-electron chi connectivity index (χ2n) is 4.83. The molecule has 1 atom stereocenters. The lowest BCUT2D eigenvalue weighted by atomic mass is 9.95. The number of rotatable bonds is 5. The molecule has 2 aromatic rings. The van der Waals surface area contributed by atoms with Crippen LogP contribution in [0.25, 0.3) is 0 Å². The molecule has 2 rings (SSSR count). The van der Waals surface area contributed by atoms with E-state index in [9.17, 15) is 0 Å². The van der Waals surface area contributed by atoms with Gasteiger partial charge < -0.3 is 4.74 Å². The summed E-state index contributed by atoms with van der Waals surface area (Å²) in [5.41, 5.74) is 6.08. The molecule has 0 aliphatic carbocycles. The lowest BCUT2D eigenvalue weighted by Crippen LogP contribution is -2.30. The van der Waals surface area contributed by atoms with E-state index in [-0.39, 0.29) is 6.04 Å². The SMILES string of the molecule is COc1ccc(Br)cc1CC(NN)c1cccc(Cl)c1C. The molecule has 5 heteroatoms. The maximum absolute atomic E-state index is 6.20. The average Bonchev–Trinajstić information content (AvgIpc) is 2.48. The van der Waals surface area contributed by atoms with Crippen molar-refractivity contribution in [1.82, 2.24) is 5.43 Å². The van der Waals surface area contributed by atoms with E-state index in [1.54, 1.807) is 7.11 Å². The van der Waals surface area contributed by atoms with Crippen molar-refractivity contribution in [3.05, 3.63) is 62.6 Å². The number of hydrazine groups is 1. The van der Waals surface area contributed by atoms with Crippen molar-refractivity contribution in [2.45, 2.75) is 19.4 Å². The molecule has 0 aliphatic heterocycles. The molecule has 2 aromatic carbocycles. The molecule has 3 N–H and O–H groups in total. The van der Waals surface area contributed by atoms with E-state index in [4.69, 9.17) is 22.2 Å². The predicted molar refractivity (Wildman–Crippen MR) is 90.7 cm³/mol. The highest BCUT2D eigenvalue weighted by Gasteiger charge is 2.16. The zero-order valence-corrected chi connectivity index (χ0v) is 14.3. The maximum atomic E-state index is 6.20. The number of ether oxygens (including phenoxy) is 1. The van der Waals surface area contributed by atoms with Gasteiger partial charge in [-0.15, -0.1) is 0 Å². The molecule has 0 spiro atoms. The Kier molecular flexibility index (Phi) is 5.65. The molecule has 0 aliphatic rings. The van der Waals surface area contributed by atoms with Crippen molar-refractivity contribution in [3.8, 4) is 5.75 Å². The first-order valence-electron chi connectivity index (χ1n) is 6.60. The van der Waals surface area contributed by atoms with Gasteiger partial charge >= 0.3 is 0 Å². The molecule has 0 bridgehead atoms. The molecular formula is C16H18BrClN2O. The third-order valence-corrected chi connectivity index (χ3v) is 4.46. The number of hydrogen-bond acceptors (Lipinski definition) is 3. The summed E-state index contributed by atoms with van der Waals surface area (Å²) in [6.45, 7) is 2.00. The minimum Gasteiger partial charge on any atom is -0.496 e. The van der Waals surface area contributed by atoms with Crippen LogP contribution in [0.15, 0.2) is 40.9 Å². The maximum Gasteiger partial charge on any atom is 0.122 e. The molecule has 0 amide bonds. The molecule has 112 valence electrons. The summed E-state index contributed by atoms with van der Waals surface area (Å²) in [5, 5.41) is 0.744. The van der Waals surface area contributed by atoms with Gasteiger partial charge in [0.2, 0.25) is 0 Å². The van der Waals surface area contributed by atoms with Gasteiger partial charge in [-0.25, -0.2) is 0 Å². The predicted octanol–water partition coefficient (Wildman–Crippen LogP) is 4.17. The van der Waals surface area contributed by atoms with Crippen LogP contribution in [0.4, 0.5) is 0 Å². The summed E-state index contributed by atoms with van der Waals surface area (Å²) in [4.78, 5) is 0. The van der Waals surface area contributed by atoms with Gasteiger partial charge in [0.05, 0.1) is 13.2 Å². The first-order chi connectivity index (χ1) is 10.1. The van der Waals surface area contributed by atoms with Gasteiger partial charge in [-0.1, -0.05) is 39.7 Å². The quantitative estimate of drug-likeness (QED) is 0.614. The summed E-state index contributed by atoms with van der Waals surface area (Å²) in [7, 11) is 1.67. The molecular weight excluding hydrogens is 352 g/mol. The third-order valence-electron chi connectivity index (χ3n) is 3.55. The number of nitrogens with two attached hydrogens (primary N) is 1. The molecule has 0 fully saturated rings. The van der Waals surface area contributed by atoms with Gasteiger partial charge in [0.25, 0.3) is 0 Å². The Balaban J connectivity index is 2.35. The average molecular weight is 370 g/mol. The number of benzene rings is 2. The topological polar surface area (TPSA) is 47.3 Å². The highest BCUT2D eigenvalue weighted by Crippen LogP contribution is 2.30. The molecule has 0 aromatic heterocycles. The summed E-state index contributed by atoms with van der Waals surface area (Å²) >= 11 is 9.69. The van der Waals surface area contributed by atoms with Crippen LogP contribution in [0.5, 0.6) is 5.75 Å². The zero-order valence-electron chi connectivity index (χ0n) is 12.0. The number of methoxy groups -OCH3 is 1. The summed E-state index contributed by atoms with van der Waals surface area (Å²) in [5.74, 6) is 6.60. The minimum atomic E-state index is -0.0353. The monoisotopic (exact) mass is 368 g/mol. The van der Waals surface area contributed by atoms with E-state index in [0.717, 1.165) is 31.9 Å². The highest BCUT2D eigenvalue weighted by atomic mass is 79.9. The number of nitrogens with one attached hydrogen (secondary N) is 1. The Morgan fingerprint density at radius 3 is 2.76 bits per heavy atom. The van der Waals surface area contributed by atoms with E-state index in [0.29, 0.717) is 6.42 Å². The molecule has 21 heavy (non-hydrogen) atoms. The second kappa shape index (κ2) is 7.27. The van der Waals surface area contributed by atoms with Crippen molar-refractivity contribution in [1.29, 1.82) is 0 Å². The Morgan fingerprint density at radius 1 is 1.33 bits per heavy atom. The van der Waals surface area contributed by atoms with E-state index >= 15 is 0 Å². The Bertz CT molecular complexity index is 634. The Hall–Kier alpha value is -1.07. The summed E-state index contributed by atoms with van der Waals surface area (Å²) in [6, 6.07) is 11.8. The highest BCUT2D eigenvalue weighted by molar-refractivity contribution is 9.10. The largest absolute Gasteiger partial charge is 0.496 e. The van der Waals surface area contributed by atoms with Gasteiger partial charge in [-0.05, 0) is 54.3 Å². The van der Waals surface area contributed by atoms with E-state index in [1.165, 1.54) is 0 Å². The normalized spacial score (nSPS) is 12.2. The van der Waals surface area contributed by atoms with Crippen molar-refractivity contribution >= 4 is 27.5 Å². The molecule has 0 saturated heterocycles. The molecule has 0 heterocycles. The van der Waals surface area contributed by atoms with Crippen molar-refractivity contribution in [2.75, 3.05) is 7.11 Å². The van der Waals surface area contributed by atoms with Crippen LogP contribution in [0.1, 0.15) is 22.7 Å². The van der Waals surface area contributed by atoms with Crippen LogP contribution < -0.4 is 16.0 Å². The van der Waals surface area contributed by atoms with Crippen molar-refractivity contribution in [2.24, 2.45) is 5.84 Å². The Morgan fingerprint density at radius 2 is 2.10 bits per heavy atom.